The Kier molecular flexibility index (Phi) is 5.80. The molecule has 1 aromatic carbocycles. The van der Waals surface area contributed by atoms with Crippen molar-refractivity contribution in [2.24, 2.45) is 0 Å². The average molecular weight is 405 g/mol. The molecule has 5 nitrogen and oxygen atoms in total. The molecule has 0 atom stereocenters. The lowest BCUT2D eigenvalue weighted by Crippen LogP contribution is -2.23. The van der Waals surface area contributed by atoms with Crippen molar-refractivity contribution in [1.29, 1.82) is 0 Å². The molecule has 0 aliphatic carbocycles. The largest absolute Gasteiger partial charge is 0.544 e. The van der Waals surface area contributed by atoms with Crippen molar-refractivity contribution >= 4 is 46.7 Å². The number of carboxylic acids is 1. The third kappa shape index (κ3) is 4.00. The lowest BCUT2D eigenvalue weighted by Gasteiger charge is -2.10. The number of benzene rings is 1. The second-order valence-corrected chi connectivity index (χ2v) is 7.82. The minimum atomic E-state index is -1.23. The van der Waals surface area contributed by atoms with Crippen LogP contribution in [0.1, 0.15) is 17.4 Å². The minimum Gasteiger partial charge on any atom is -0.544 e. The Morgan fingerprint density at radius 1 is 1.31 bits per heavy atom. The Bertz CT molecular complexity index is 961. The van der Waals surface area contributed by atoms with Gasteiger partial charge in [0, 0.05) is 26.9 Å². The molecule has 0 N–H and O–H groups in total. The topological polar surface area (TPSA) is 70.8 Å². The van der Waals surface area contributed by atoms with E-state index in [0.29, 0.717) is 22.5 Å². The lowest BCUT2D eigenvalue weighted by molar-refractivity contribution is -0.297. The molecule has 0 saturated carbocycles. The maximum atomic E-state index is 11.6. The number of carbonyl (C=O) groups is 1. The van der Waals surface area contributed by atoms with Gasteiger partial charge in [-0.2, -0.15) is 0 Å². The zero-order chi connectivity index (χ0) is 18.7. The Hall–Kier alpha value is -2.09. The quantitative estimate of drug-likeness (QED) is 0.460. The van der Waals surface area contributed by atoms with E-state index in [0.717, 1.165) is 27.8 Å². The first-order valence-electron chi connectivity index (χ1n) is 7.83. The predicted octanol–water partition coefficient (Wildman–Crippen LogP) is 3.87. The SMILES string of the molecule is CCn1c(S/C(=C/c2sccc2C)C(=O)[O-])nnc1-c1ccc(Cl)cc1. The highest BCUT2D eigenvalue weighted by Crippen LogP contribution is 2.31. The van der Waals surface area contributed by atoms with Crippen molar-refractivity contribution in [3.05, 3.63) is 56.1 Å². The molecule has 0 radical (unpaired) electrons. The van der Waals surface area contributed by atoms with Crippen molar-refractivity contribution < 1.29 is 9.90 Å². The minimum absolute atomic E-state index is 0.0975. The van der Waals surface area contributed by atoms with E-state index in [9.17, 15) is 9.90 Å². The van der Waals surface area contributed by atoms with Gasteiger partial charge in [-0.05, 0) is 73.0 Å². The van der Waals surface area contributed by atoms with Crippen LogP contribution in [-0.4, -0.2) is 20.7 Å². The van der Waals surface area contributed by atoms with Crippen LogP contribution in [0.4, 0.5) is 0 Å². The first-order chi connectivity index (χ1) is 12.5. The van der Waals surface area contributed by atoms with Gasteiger partial charge in [0.05, 0.1) is 5.97 Å². The number of hydrogen-bond donors (Lipinski definition) is 0. The highest BCUT2D eigenvalue weighted by Gasteiger charge is 2.16. The maximum absolute atomic E-state index is 11.6. The van der Waals surface area contributed by atoms with Crippen LogP contribution >= 0.6 is 34.7 Å². The van der Waals surface area contributed by atoms with Crippen LogP contribution in [0.2, 0.25) is 5.02 Å². The van der Waals surface area contributed by atoms with Gasteiger partial charge in [0.15, 0.2) is 11.0 Å². The zero-order valence-corrected chi connectivity index (χ0v) is 16.5. The number of thiophene rings is 1. The molecule has 2 aromatic heterocycles. The van der Waals surface area contributed by atoms with Gasteiger partial charge in [0.2, 0.25) is 0 Å². The van der Waals surface area contributed by atoms with Crippen LogP contribution in [0.25, 0.3) is 17.5 Å². The van der Waals surface area contributed by atoms with Gasteiger partial charge in [-0.25, -0.2) is 0 Å². The number of aliphatic carboxylic acids is 1. The van der Waals surface area contributed by atoms with E-state index in [-0.39, 0.29) is 4.91 Å². The van der Waals surface area contributed by atoms with Gasteiger partial charge >= 0.3 is 0 Å². The second-order valence-electron chi connectivity index (χ2n) is 5.42. The van der Waals surface area contributed by atoms with Crippen LogP contribution in [-0.2, 0) is 11.3 Å². The predicted molar refractivity (Wildman–Crippen MR) is 104 cm³/mol. The molecule has 0 unspecified atom stereocenters. The normalized spacial score (nSPS) is 11.7. The summed E-state index contributed by atoms with van der Waals surface area (Å²) < 4.78 is 1.87. The van der Waals surface area contributed by atoms with Gasteiger partial charge in [-0.3, -0.25) is 0 Å². The highest BCUT2D eigenvalue weighted by molar-refractivity contribution is 8.04. The summed E-state index contributed by atoms with van der Waals surface area (Å²) in [6, 6.07) is 9.23. The second kappa shape index (κ2) is 8.07. The number of carboxylic acid groups (broad SMARTS) is 1. The van der Waals surface area contributed by atoms with Gasteiger partial charge < -0.3 is 14.5 Å². The third-order valence-corrected chi connectivity index (χ3v) is 5.91. The molecule has 3 rings (SSSR count). The van der Waals surface area contributed by atoms with Crippen LogP contribution in [0.15, 0.2) is 45.8 Å². The van der Waals surface area contributed by atoms with E-state index in [1.54, 1.807) is 18.2 Å². The van der Waals surface area contributed by atoms with E-state index in [4.69, 9.17) is 11.6 Å². The van der Waals surface area contributed by atoms with Crippen LogP contribution < -0.4 is 5.11 Å². The van der Waals surface area contributed by atoms with Gasteiger partial charge in [0.1, 0.15) is 0 Å². The molecule has 3 aromatic rings. The Balaban J connectivity index is 1.96. The molecule has 8 heteroatoms. The summed E-state index contributed by atoms with van der Waals surface area (Å²) in [7, 11) is 0. The van der Waals surface area contributed by atoms with Crippen molar-refractivity contribution in [3.8, 4) is 11.4 Å². The average Bonchev–Trinajstić information content (AvgIpc) is 3.21. The molecule has 26 heavy (non-hydrogen) atoms. The lowest BCUT2D eigenvalue weighted by atomic mass is 10.2. The van der Waals surface area contributed by atoms with Crippen LogP contribution in [0.5, 0.6) is 0 Å². The van der Waals surface area contributed by atoms with Crippen LogP contribution in [0, 0.1) is 6.92 Å². The Morgan fingerprint density at radius 2 is 2.04 bits per heavy atom. The highest BCUT2D eigenvalue weighted by atomic mass is 35.5. The van der Waals surface area contributed by atoms with E-state index in [1.807, 2.05) is 42.0 Å². The molecule has 0 amide bonds. The molecule has 0 aliphatic heterocycles. The van der Waals surface area contributed by atoms with E-state index in [1.165, 1.54) is 11.3 Å². The molecule has 2 heterocycles. The van der Waals surface area contributed by atoms with Crippen molar-refractivity contribution in [2.75, 3.05) is 0 Å². The number of thioether (sulfide) groups is 1. The molecular weight excluding hydrogens is 390 g/mol. The zero-order valence-electron chi connectivity index (χ0n) is 14.1. The number of rotatable bonds is 6. The number of carbonyl (C=O) groups excluding carboxylic acids is 1. The van der Waals surface area contributed by atoms with Gasteiger partial charge in [-0.1, -0.05) is 11.6 Å². The van der Waals surface area contributed by atoms with Crippen molar-refractivity contribution in [2.45, 2.75) is 25.5 Å². The first-order valence-corrected chi connectivity index (χ1v) is 9.91. The van der Waals surface area contributed by atoms with Crippen LogP contribution in [0.3, 0.4) is 0 Å². The summed E-state index contributed by atoms with van der Waals surface area (Å²) in [5.74, 6) is -0.571. The Morgan fingerprint density at radius 3 is 2.62 bits per heavy atom. The first kappa shape index (κ1) is 18.7. The number of halogens is 1. The molecule has 0 bridgehead atoms. The third-order valence-electron chi connectivity index (χ3n) is 3.70. The van der Waals surface area contributed by atoms with Crippen molar-refractivity contribution in [1.82, 2.24) is 14.8 Å². The number of hydrogen-bond acceptors (Lipinski definition) is 6. The number of aryl methyl sites for hydroxylation is 1. The standard InChI is InChI=1S/C18H16ClN3O2S2/c1-3-22-16(12-4-6-13(19)7-5-12)20-21-18(22)26-15(17(23)24)10-14-11(2)8-9-25-14/h4-10H,3H2,1-2H3,(H,23,24)/p-1/b15-10+. The van der Waals surface area contributed by atoms with Gasteiger partial charge in [0.25, 0.3) is 0 Å². The fraction of sp³-hybridized carbons (Fsp3) is 0.167. The summed E-state index contributed by atoms with van der Waals surface area (Å²) in [4.78, 5) is 12.6. The molecular formula is C18H15ClN3O2S2-. The van der Waals surface area contributed by atoms with E-state index in [2.05, 4.69) is 10.2 Å². The summed E-state index contributed by atoms with van der Waals surface area (Å²) >= 11 is 8.46. The van der Waals surface area contributed by atoms with Crippen molar-refractivity contribution in [3.63, 3.8) is 0 Å². The number of nitrogens with zero attached hydrogens (tertiary/aromatic N) is 3. The van der Waals surface area contributed by atoms with Gasteiger partial charge in [-0.15, -0.1) is 21.5 Å². The summed E-state index contributed by atoms with van der Waals surface area (Å²) in [6.07, 6.45) is 1.62. The molecule has 134 valence electrons. The Labute approximate surface area is 164 Å². The molecule has 0 saturated heterocycles. The monoisotopic (exact) mass is 404 g/mol. The maximum Gasteiger partial charge on any atom is 0.196 e. The summed E-state index contributed by atoms with van der Waals surface area (Å²) in [5.41, 5.74) is 1.89. The summed E-state index contributed by atoms with van der Waals surface area (Å²) in [5, 5.41) is 23.0. The van der Waals surface area contributed by atoms with E-state index < -0.39 is 5.97 Å². The molecule has 0 fully saturated rings. The molecule has 0 aliphatic rings. The smallest absolute Gasteiger partial charge is 0.196 e. The summed E-state index contributed by atoms with van der Waals surface area (Å²) in [6.45, 7) is 4.50. The fourth-order valence-electron chi connectivity index (χ4n) is 2.34. The number of aromatic nitrogens is 3. The fourth-order valence-corrected chi connectivity index (χ4v) is 4.26. The molecule has 0 spiro atoms. The van der Waals surface area contributed by atoms with E-state index >= 15 is 0 Å².